The molecule has 106 valence electrons. The van der Waals surface area contributed by atoms with E-state index in [2.05, 4.69) is 4.98 Å². The zero-order chi connectivity index (χ0) is 15.0. The molecule has 0 unspecified atom stereocenters. The molecule has 1 N–H and O–H groups in total. The molecule has 3 aromatic rings. The van der Waals surface area contributed by atoms with E-state index in [4.69, 9.17) is 0 Å². The van der Waals surface area contributed by atoms with Crippen LogP contribution in [0.25, 0.3) is 10.9 Å². The van der Waals surface area contributed by atoms with E-state index in [1.54, 1.807) is 6.20 Å². The van der Waals surface area contributed by atoms with Gasteiger partial charge in [-0.25, -0.2) is 8.78 Å². The molecule has 0 fully saturated rings. The van der Waals surface area contributed by atoms with E-state index in [1.165, 1.54) is 6.07 Å². The van der Waals surface area contributed by atoms with E-state index in [-0.39, 0.29) is 17.8 Å². The number of hydrogen-bond donors (Lipinski definition) is 1. The molecule has 0 bridgehead atoms. The van der Waals surface area contributed by atoms with Gasteiger partial charge in [0.15, 0.2) is 5.78 Å². The summed E-state index contributed by atoms with van der Waals surface area (Å²) in [4.78, 5) is 15.3. The zero-order valence-electron chi connectivity index (χ0n) is 11.4. The number of H-pyrrole nitrogens is 1. The summed E-state index contributed by atoms with van der Waals surface area (Å²) >= 11 is 0. The number of nitrogens with one attached hydrogen (secondary N) is 1. The summed E-state index contributed by atoms with van der Waals surface area (Å²) in [7, 11) is 0. The first-order chi connectivity index (χ1) is 10.1. The molecule has 1 heterocycles. The van der Waals surface area contributed by atoms with Gasteiger partial charge in [0.25, 0.3) is 0 Å². The fourth-order valence-corrected chi connectivity index (χ4v) is 2.43. The van der Waals surface area contributed by atoms with Crippen molar-refractivity contribution in [3.05, 3.63) is 70.9 Å². The summed E-state index contributed by atoms with van der Waals surface area (Å²) in [5.41, 5.74) is 2.17. The summed E-state index contributed by atoms with van der Waals surface area (Å²) in [6.07, 6.45) is 1.30. The number of Topliss-reactive ketones (excluding diaryl/α,β-unsaturated/α-hetero) is 1. The molecular weight excluding hydrogens is 272 g/mol. The van der Waals surface area contributed by atoms with Gasteiger partial charge in [0, 0.05) is 34.6 Å². The second-order valence-corrected chi connectivity index (χ2v) is 5.05. The van der Waals surface area contributed by atoms with Gasteiger partial charge < -0.3 is 4.98 Å². The first kappa shape index (κ1) is 13.5. The first-order valence-corrected chi connectivity index (χ1v) is 6.60. The highest BCUT2D eigenvalue weighted by atomic mass is 19.1. The minimum Gasteiger partial charge on any atom is -0.360 e. The minimum absolute atomic E-state index is 0.191. The van der Waals surface area contributed by atoms with Gasteiger partial charge in [0.2, 0.25) is 0 Å². The largest absolute Gasteiger partial charge is 0.360 e. The van der Waals surface area contributed by atoms with Crippen LogP contribution in [0.2, 0.25) is 0 Å². The van der Waals surface area contributed by atoms with Crippen LogP contribution in [0.3, 0.4) is 0 Å². The maximum absolute atomic E-state index is 13.6. The zero-order valence-corrected chi connectivity index (χ0v) is 11.4. The van der Waals surface area contributed by atoms with Crippen molar-refractivity contribution < 1.29 is 13.6 Å². The Hall–Kier alpha value is -2.49. The lowest BCUT2D eigenvalue weighted by atomic mass is 10.0. The number of aromatic nitrogens is 1. The van der Waals surface area contributed by atoms with Gasteiger partial charge in [-0.2, -0.15) is 0 Å². The van der Waals surface area contributed by atoms with Crippen molar-refractivity contribution >= 4 is 16.7 Å². The molecule has 0 radical (unpaired) electrons. The van der Waals surface area contributed by atoms with Crippen LogP contribution >= 0.6 is 0 Å². The Balaban J connectivity index is 1.98. The van der Waals surface area contributed by atoms with Crippen LogP contribution in [-0.4, -0.2) is 10.8 Å². The number of rotatable bonds is 3. The van der Waals surface area contributed by atoms with Crippen LogP contribution in [-0.2, 0) is 6.42 Å². The van der Waals surface area contributed by atoms with E-state index in [0.29, 0.717) is 5.56 Å². The number of aryl methyl sites for hydroxylation is 1. The number of aromatic amines is 1. The third kappa shape index (κ3) is 2.44. The number of ketones is 1. The number of carbonyl (C=O) groups is 1. The molecule has 2 aromatic carbocycles. The predicted molar refractivity (Wildman–Crippen MR) is 77.4 cm³/mol. The summed E-state index contributed by atoms with van der Waals surface area (Å²) in [6, 6.07) is 9.26. The van der Waals surface area contributed by atoms with Crippen LogP contribution < -0.4 is 0 Å². The van der Waals surface area contributed by atoms with Crippen molar-refractivity contribution in [1.82, 2.24) is 4.98 Å². The third-order valence-electron chi connectivity index (χ3n) is 3.54. The van der Waals surface area contributed by atoms with Gasteiger partial charge in [-0.3, -0.25) is 4.79 Å². The smallest absolute Gasteiger partial charge is 0.169 e. The van der Waals surface area contributed by atoms with Crippen molar-refractivity contribution in [3.63, 3.8) is 0 Å². The molecule has 0 saturated heterocycles. The molecule has 4 heteroatoms. The number of benzene rings is 2. The lowest BCUT2D eigenvalue weighted by Crippen LogP contribution is -2.06. The Kier molecular flexibility index (Phi) is 3.29. The molecule has 2 nitrogen and oxygen atoms in total. The monoisotopic (exact) mass is 285 g/mol. The normalized spacial score (nSPS) is 11.0. The second kappa shape index (κ2) is 5.13. The van der Waals surface area contributed by atoms with Gasteiger partial charge in [0.05, 0.1) is 0 Å². The highest BCUT2D eigenvalue weighted by molar-refractivity contribution is 6.08. The molecule has 0 amide bonds. The Morgan fingerprint density at radius 2 is 1.86 bits per heavy atom. The maximum Gasteiger partial charge on any atom is 0.169 e. The molecule has 1 aromatic heterocycles. The lowest BCUT2D eigenvalue weighted by Gasteiger charge is -2.04. The molecule has 3 rings (SSSR count). The lowest BCUT2D eigenvalue weighted by molar-refractivity contribution is 0.0992. The van der Waals surface area contributed by atoms with Crippen molar-refractivity contribution in [3.8, 4) is 0 Å². The summed E-state index contributed by atoms with van der Waals surface area (Å²) in [6.45, 7) is 1.95. The first-order valence-electron chi connectivity index (χ1n) is 6.60. The molecule has 0 aliphatic heterocycles. The molecule has 21 heavy (non-hydrogen) atoms. The average molecular weight is 285 g/mol. The molecule has 0 atom stereocenters. The highest BCUT2D eigenvalue weighted by Crippen LogP contribution is 2.22. The van der Waals surface area contributed by atoms with Gasteiger partial charge in [0.1, 0.15) is 11.6 Å². The van der Waals surface area contributed by atoms with E-state index in [9.17, 15) is 13.6 Å². The number of halogens is 2. The Morgan fingerprint density at radius 3 is 2.57 bits per heavy atom. The van der Waals surface area contributed by atoms with Crippen molar-refractivity contribution in [1.29, 1.82) is 0 Å². The van der Waals surface area contributed by atoms with E-state index < -0.39 is 11.6 Å². The Bertz CT molecular complexity index is 816. The van der Waals surface area contributed by atoms with Crippen LogP contribution in [0.4, 0.5) is 8.78 Å². The van der Waals surface area contributed by atoms with Gasteiger partial charge in [-0.15, -0.1) is 0 Å². The third-order valence-corrected chi connectivity index (χ3v) is 3.54. The second-order valence-electron chi connectivity index (χ2n) is 5.05. The molecule has 0 saturated carbocycles. The molecular formula is C17H13F2NO. The topological polar surface area (TPSA) is 32.9 Å². The van der Waals surface area contributed by atoms with Gasteiger partial charge in [-0.05, 0) is 30.7 Å². The number of carbonyl (C=O) groups excluding carboxylic acids is 1. The summed E-state index contributed by atoms with van der Waals surface area (Å²) in [5, 5.41) is 0.766. The highest BCUT2D eigenvalue weighted by Gasteiger charge is 2.17. The number of fused-ring (bicyclic) bond motifs is 1. The maximum atomic E-state index is 13.6. The predicted octanol–water partition coefficient (Wildman–Crippen LogP) is 4.18. The molecule has 0 spiro atoms. The van der Waals surface area contributed by atoms with Crippen LogP contribution in [0.15, 0.2) is 42.6 Å². The van der Waals surface area contributed by atoms with Crippen molar-refractivity contribution in [2.75, 3.05) is 0 Å². The van der Waals surface area contributed by atoms with Crippen molar-refractivity contribution in [2.24, 2.45) is 0 Å². The average Bonchev–Trinajstić information content (AvgIpc) is 2.85. The van der Waals surface area contributed by atoms with E-state index in [1.807, 2.05) is 25.1 Å². The van der Waals surface area contributed by atoms with Crippen molar-refractivity contribution in [2.45, 2.75) is 13.3 Å². The Morgan fingerprint density at radius 1 is 1.14 bits per heavy atom. The van der Waals surface area contributed by atoms with E-state index in [0.717, 1.165) is 28.6 Å². The number of hydrogen-bond acceptors (Lipinski definition) is 1. The fourth-order valence-electron chi connectivity index (χ4n) is 2.43. The van der Waals surface area contributed by atoms with Crippen LogP contribution in [0, 0.1) is 18.6 Å². The minimum atomic E-state index is -0.695. The summed E-state index contributed by atoms with van der Waals surface area (Å²) in [5.74, 6) is -1.70. The standard InChI is InChI=1S/C17H13F2NO/c1-10-5-6-11-13(9-20-16(11)7-10)17(21)8-12-14(18)3-2-4-15(12)19/h2-7,9,20H,8H2,1H3. The van der Waals surface area contributed by atoms with Crippen LogP contribution in [0.1, 0.15) is 21.5 Å². The van der Waals surface area contributed by atoms with Gasteiger partial charge >= 0.3 is 0 Å². The van der Waals surface area contributed by atoms with E-state index >= 15 is 0 Å². The van der Waals surface area contributed by atoms with Crippen LogP contribution in [0.5, 0.6) is 0 Å². The Labute approximate surface area is 120 Å². The van der Waals surface area contributed by atoms with Gasteiger partial charge in [-0.1, -0.05) is 18.2 Å². The molecule has 0 aliphatic rings. The quantitative estimate of drug-likeness (QED) is 0.719. The summed E-state index contributed by atoms with van der Waals surface area (Å²) < 4.78 is 27.2. The SMILES string of the molecule is Cc1ccc2c(C(=O)Cc3c(F)cccc3F)c[nH]c2c1. The molecule has 0 aliphatic carbocycles. The fraction of sp³-hybridized carbons (Fsp3) is 0.118.